The fraction of sp³-hybridized carbons (Fsp3) is 0.227. The number of aromatic nitrogens is 3. The number of para-hydroxylation sites is 1. The minimum absolute atomic E-state index is 0.116. The first-order chi connectivity index (χ1) is 14.5. The smallest absolute Gasteiger partial charge is 0.262 e. The number of amides is 1. The molecule has 1 amide bonds. The first kappa shape index (κ1) is 20.0. The average Bonchev–Trinajstić information content (AvgIpc) is 3.13. The fourth-order valence-electron chi connectivity index (χ4n) is 3.49. The highest BCUT2D eigenvalue weighted by molar-refractivity contribution is 6.30. The lowest BCUT2D eigenvalue weighted by atomic mass is 10.1. The molecule has 4 rings (SSSR count). The van der Waals surface area contributed by atoms with E-state index in [1.807, 2.05) is 25.1 Å². The lowest BCUT2D eigenvalue weighted by Crippen LogP contribution is -2.25. The second-order valence-corrected chi connectivity index (χ2v) is 7.49. The number of carbonyl (C=O) groups is 1. The molecular formula is C22H21ClN4O3. The number of fused-ring (bicyclic) bond motifs is 3. The van der Waals surface area contributed by atoms with Crippen molar-refractivity contribution in [1.82, 2.24) is 20.1 Å². The number of hydrogen-bond acceptors (Lipinski definition) is 4. The number of nitrogens with zero attached hydrogens (tertiary/aromatic N) is 2. The number of nitrogens with one attached hydrogen (secondary N) is 2. The van der Waals surface area contributed by atoms with E-state index in [0.717, 1.165) is 11.1 Å². The quantitative estimate of drug-likeness (QED) is 0.463. The molecule has 8 heteroatoms. The number of aryl methyl sites for hydroxylation is 2. The minimum Gasteiger partial charge on any atom is -0.491 e. The van der Waals surface area contributed by atoms with Crippen molar-refractivity contribution >= 4 is 39.3 Å². The summed E-state index contributed by atoms with van der Waals surface area (Å²) < 4.78 is 7.54. The summed E-state index contributed by atoms with van der Waals surface area (Å²) in [5.74, 6) is 0.453. The second-order valence-electron chi connectivity index (χ2n) is 7.05. The maximum atomic E-state index is 12.8. The van der Waals surface area contributed by atoms with Crippen LogP contribution in [0, 0.1) is 6.92 Å². The summed E-state index contributed by atoms with van der Waals surface area (Å²) in [5.41, 5.74) is 2.53. The Labute approximate surface area is 177 Å². The molecule has 30 heavy (non-hydrogen) atoms. The van der Waals surface area contributed by atoms with Gasteiger partial charge in [0.25, 0.3) is 11.5 Å². The number of carbonyl (C=O) groups excluding carboxylic acids is 1. The lowest BCUT2D eigenvalue weighted by Gasteiger charge is -2.13. The van der Waals surface area contributed by atoms with E-state index >= 15 is 0 Å². The maximum Gasteiger partial charge on any atom is 0.262 e. The lowest BCUT2D eigenvalue weighted by molar-refractivity contribution is 0.0951. The molecule has 2 N–H and O–H groups in total. The molecule has 154 valence electrons. The Balaban J connectivity index is 1.45. The summed E-state index contributed by atoms with van der Waals surface area (Å²) >= 11 is 5.84. The molecule has 2 heterocycles. The summed E-state index contributed by atoms with van der Waals surface area (Å²) in [4.78, 5) is 24.9. The molecule has 2 aromatic carbocycles. The fourth-order valence-corrected chi connectivity index (χ4v) is 3.62. The first-order valence-corrected chi connectivity index (χ1v) is 9.98. The van der Waals surface area contributed by atoms with Crippen LogP contribution in [0.4, 0.5) is 0 Å². The highest BCUT2D eigenvalue weighted by Crippen LogP contribution is 2.29. The number of hydrogen-bond donors (Lipinski definition) is 2. The standard InChI is InChI=1S/C22H21ClN4O3/c1-13-18-19(26-25-13)16-5-3-6-17(20(16)27(2)22(18)29)30-12-4-11-24-21(28)14-7-9-15(23)10-8-14/h3,5-10H,4,11-12H2,1-2H3,(H,24,28)(H,25,26). The monoisotopic (exact) mass is 424 g/mol. The molecule has 0 saturated carbocycles. The van der Waals surface area contributed by atoms with E-state index in [0.29, 0.717) is 52.3 Å². The van der Waals surface area contributed by atoms with Crippen LogP contribution in [0.15, 0.2) is 47.3 Å². The zero-order valence-corrected chi connectivity index (χ0v) is 17.4. The first-order valence-electron chi connectivity index (χ1n) is 9.60. The molecule has 0 saturated heterocycles. The Hall–Kier alpha value is -3.32. The van der Waals surface area contributed by atoms with Gasteiger partial charge in [-0.3, -0.25) is 14.7 Å². The zero-order chi connectivity index (χ0) is 21.3. The van der Waals surface area contributed by atoms with Crippen molar-refractivity contribution in [3.05, 3.63) is 69.1 Å². The Kier molecular flexibility index (Phi) is 5.46. The summed E-state index contributed by atoms with van der Waals surface area (Å²) in [6.07, 6.45) is 0.618. The Morgan fingerprint density at radius 2 is 2.00 bits per heavy atom. The molecule has 4 aromatic rings. The Morgan fingerprint density at radius 3 is 2.77 bits per heavy atom. The summed E-state index contributed by atoms with van der Waals surface area (Å²) in [6.45, 7) is 2.70. The third kappa shape index (κ3) is 3.64. The zero-order valence-electron chi connectivity index (χ0n) is 16.7. The van der Waals surface area contributed by atoms with Gasteiger partial charge < -0.3 is 14.6 Å². The number of pyridine rings is 1. The van der Waals surface area contributed by atoms with Crippen molar-refractivity contribution in [2.45, 2.75) is 13.3 Å². The van der Waals surface area contributed by atoms with Crippen LogP contribution in [0.3, 0.4) is 0 Å². The van der Waals surface area contributed by atoms with E-state index in [-0.39, 0.29) is 11.5 Å². The molecule has 0 fully saturated rings. The van der Waals surface area contributed by atoms with Gasteiger partial charge in [-0.2, -0.15) is 5.10 Å². The topological polar surface area (TPSA) is 89.0 Å². The van der Waals surface area contributed by atoms with Crippen molar-refractivity contribution in [3.63, 3.8) is 0 Å². The van der Waals surface area contributed by atoms with E-state index in [1.165, 1.54) is 0 Å². The van der Waals surface area contributed by atoms with Crippen molar-refractivity contribution in [1.29, 1.82) is 0 Å². The van der Waals surface area contributed by atoms with Crippen LogP contribution in [0.25, 0.3) is 21.8 Å². The van der Waals surface area contributed by atoms with Crippen molar-refractivity contribution in [2.75, 3.05) is 13.2 Å². The number of halogens is 1. The van der Waals surface area contributed by atoms with Gasteiger partial charge in [0.1, 0.15) is 11.3 Å². The van der Waals surface area contributed by atoms with Gasteiger partial charge in [0, 0.05) is 35.3 Å². The molecule has 7 nitrogen and oxygen atoms in total. The van der Waals surface area contributed by atoms with Crippen LogP contribution in [-0.2, 0) is 7.05 Å². The molecule has 0 bridgehead atoms. The van der Waals surface area contributed by atoms with Crippen LogP contribution in [-0.4, -0.2) is 33.8 Å². The minimum atomic E-state index is -0.157. The third-order valence-electron chi connectivity index (χ3n) is 5.03. The highest BCUT2D eigenvalue weighted by atomic mass is 35.5. The summed E-state index contributed by atoms with van der Waals surface area (Å²) in [6, 6.07) is 12.4. The van der Waals surface area contributed by atoms with Gasteiger partial charge in [0.2, 0.25) is 0 Å². The van der Waals surface area contributed by atoms with E-state index in [1.54, 1.807) is 35.9 Å². The molecule has 0 spiro atoms. The van der Waals surface area contributed by atoms with Gasteiger partial charge in [-0.25, -0.2) is 0 Å². The third-order valence-corrected chi connectivity index (χ3v) is 5.28. The highest BCUT2D eigenvalue weighted by Gasteiger charge is 2.16. The molecule has 0 atom stereocenters. The van der Waals surface area contributed by atoms with E-state index in [2.05, 4.69) is 15.5 Å². The predicted octanol–water partition coefficient (Wildman–Crippen LogP) is 3.58. The second kappa shape index (κ2) is 8.20. The molecular weight excluding hydrogens is 404 g/mol. The van der Waals surface area contributed by atoms with Crippen molar-refractivity contribution < 1.29 is 9.53 Å². The molecule has 0 unspecified atom stereocenters. The number of rotatable bonds is 6. The van der Waals surface area contributed by atoms with Crippen LogP contribution in [0.2, 0.25) is 5.02 Å². The van der Waals surface area contributed by atoms with Gasteiger partial charge in [-0.1, -0.05) is 23.7 Å². The predicted molar refractivity (Wildman–Crippen MR) is 117 cm³/mol. The normalized spacial score (nSPS) is 11.2. The Bertz CT molecular complexity index is 1290. The average molecular weight is 425 g/mol. The molecule has 2 aromatic heterocycles. The van der Waals surface area contributed by atoms with Gasteiger partial charge in [-0.05, 0) is 43.7 Å². The van der Waals surface area contributed by atoms with Gasteiger partial charge in [0.05, 0.1) is 17.5 Å². The summed E-state index contributed by atoms with van der Waals surface area (Å²) in [5, 5.41) is 12.1. The van der Waals surface area contributed by atoms with E-state index in [4.69, 9.17) is 16.3 Å². The molecule has 0 aliphatic carbocycles. The van der Waals surface area contributed by atoms with Crippen molar-refractivity contribution in [2.24, 2.45) is 7.05 Å². The van der Waals surface area contributed by atoms with Crippen LogP contribution in [0.1, 0.15) is 22.5 Å². The van der Waals surface area contributed by atoms with Crippen molar-refractivity contribution in [3.8, 4) is 5.75 Å². The number of ether oxygens (including phenoxy) is 1. The molecule has 0 radical (unpaired) electrons. The molecule has 0 aliphatic heterocycles. The van der Waals surface area contributed by atoms with Gasteiger partial charge in [-0.15, -0.1) is 0 Å². The maximum absolute atomic E-state index is 12.8. The number of benzene rings is 2. The summed E-state index contributed by atoms with van der Waals surface area (Å²) in [7, 11) is 1.73. The molecule has 0 aliphatic rings. The van der Waals surface area contributed by atoms with Gasteiger partial charge >= 0.3 is 0 Å². The van der Waals surface area contributed by atoms with Gasteiger partial charge in [0.15, 0.2) is 0 Å². The van der Waals surface area contributed by atoms with Crippen LogP contribution >= 0.6 is 11.6 Å². The van der Waals surface area contributed by atoms with E-state index < -0.39 is 0 Å². The van der Waals surface area contributed by atoms with Crippen LogP contribution in [0.5, 0.6) is 5.75 Å². The number of aromatic amines is 1. The SMILES string of the molecule is Cc1[nH]nc2c1c(=O)n(C)c1c(OCCCNC(=O)c3ccc(Cl)cc3)cccc21. The van der Waals surface area contributed by atoms with Crippen LogP contribution < -0.4 is 15.6 Å². The Morgan fingerprint density at radius 1 is 1.23 bits per heavy atom. The largest absolute Gasteiger partial charge is 0.491 e. The number of H-pyrrole nitrogens is 1. The van der Waals surface area contributed by atoms with E-state index in [9.17, 15) is 9.59 Å².